The molecule has 1 atom stereocenters. The van der Waals surface area contributed by atoms with E-state index in [1.807, 2.05) is 39.0 Å². The number of alkyl carbamates (subject to hydrolysis) is 1. The van der Waals surface area contributed by atoms with Crippen LogP contribution in [0.3, 0.4) is 0 Å². The Morgan fingerprint density at radius 3 is 2.73 bits per heavy atom. The third-order valence-electron chi connectivity index (χ3n) is 4.42. The summed E-state index contributed by atoms with van der Waals surface area (Å²) < 4.78 is 5.34. The first-order valence-electron chi connectivity index (χ1n) is 9.79. The highest BCUT2D eigenvalue weighted by Gasteiger charge is 2.27. The van der Waals surface area contributed by atoms with Crippen LogP contribution in [0.4, 0.5) is 4.79 Å². The van der Waals surface area contributed by atoms with E-state index < -0.39 is 5.60 Å². The number of nitrogens with one attached hydrogen (secondary N) is 2. The van der Waals surface area contributed by atoms with Crippen molar-refractivity contribution in [1.29, 1.82) is 0 Å². The van der Waals surface area contributed by atoms with Crippen LogP contribution in [0.25, 0.3) is 10.6 Å². The van der Waals surface area contributed by atoms with Gasteiger partial charge in [0.05, 0.1) is 18.3 Å². The minimum atomic E-state index is -0.494. The monoisotopic (exact) mass is 543 g/mol. The predicted octanol–water partition coefficient (Wildman–Crippen LogP) is 4.10. The van der Waals surface area contributed by atoms with Crippen LogP contribution in [-0.2, 0) is 11.3 Å². The number of likely N-dealkylation sites (tertiary alicyclic amines) is 1. The first-order chi connectivity index (χ1) is 13.8. The molecular weight excluding hydrogens is 513 g/mol. The van der Waals surface area contributed by atoms with Crippen LogP contribution in [-0.4, -0.2) is 53.7 Å². The minimum Gasteiger partial charge on any atom is -0.444 e. The van der Waals surface area contributed by atoms with Gasteiger partial charge in [-0.15, -0.1) is 35.3 Å². The van der Waals surface area contributed by atoms with Crippen molar-refractivity contribution in [3.8, 4) is 10.6 Å². The quantitative estimate of drug-likeness (QED) is 0.345. The van der Waals surface area contributed by atoms with Gasteiger partial charge < -0.3 is 20.3 Å². The summed E-state index contributed by atoms with van der Waals surface area (Å²) in [4.78, 5) is 23.2. The topological polar surface area (TPSA) is 78.9 Å². The lowest BCUT2D eigenvalue weighted by molar-refractivity contribution is 0.0507. The lowest BCUT2D eigenvalue weighted by Crippen LogP contribution is -2.44. The first kappa shape index (κ1) is 24.4. The Hall–Kier alpha value is -1.88. The summed E-state index contributed by atoms with van der Waals surface area (Å²) in [6.07, 6.45) is 0.484. The van der Waals surface area contributed by atoms with E-state index in [0.29, 0.717) is 13.1 Å². The molecule has 7 nitrogen and oxygen atoms in total. The molecule has 0 bridgehead atoms. The molecule has 1 unspecified atom stereocenters. The number of thiazole rings is 1. The molecule has 164 valence electrons. The maximum atomic E-state index is 12.0. The Kier molecular flexibility index (Phi) is 8.90. The fourth-order valence-corrected chi connectivity index (χ4v) is 3.97. The Balaban J connectivity index is 0.00000320. The van der Waals surface area contributed by atoms with E-state index in [4.69, 9.17) is 9.72 Å². The molecule has 1 aromatic heterocycles. The van der Waals surface area contributed by atoms with Crippen molar-refractivity contribution in [1.82, 2.24) is 20.5 Å². The van der Waals surface area contributed by atoms with Gasteiger partial charge in [0.15, 0.2) is 5.96 Å². The summed E-state index contributed by atoms with van der Waals surface area (Å²) in [6.45, 7) is 7.72. The summed E-state index contributed by atoms with van der Waals surface area (Å²) in [6, 6.07) is 10.2. The van der Waals surface area contributed by atoms with Crippen molar-refractivity contribution in [2.24, 2.45) is 4.99 Å². The van der Waals surface area contributed by atoms with Crippen molar-refractivity contribution in [3.63, 3.8) is 0 Å². The normalized spacial score (nSPS) is 16.7. The average Bonchev–Trinajstić information content (AvgIpc) is 3.31. The van der Waals surface area contributed by atoms with Crippen molar-refractivity contribution in [2.75, 3.05) is 20.1 Å². The Labute approximate surface area is 199 Å². The molecule has 1 aliphatic heterocycles. The number of hydrogen-bond donors (Lipinski definition) is 2. The largest absolute Gasteiger partial charge is 0.444 e. The summed E-state index contributed by atoms with van der Waals surface area (Å²) in [7, 11) is 1.77. The van der Waals surface area contributed by atoms with Gasteiger partial charge in [-0.1, -0.05) is 30.3 Å². The number of ether oxygens (including phenoxy) is 1. The summed E-state index contributed by atoms with van der Waals surface area (Å²) in [5.74, 6) is 0.813. The van der Waals surface area contributed by atoms with Gasteiger partial charge in [0, 0.05) is 31.1 Å². The zero-order chi connectivity index (χ0) is 20.9. The van der Waals surface area contributed by atoms with Gasteiger partial charge in [-0.25, -0.2) is 9.78 Å². The van der Waals surface area contributed by atoms with E-state index in [-0.39, 0.29) is 36.1 Å². The molecule has 3 rings (SSSR count). The number of hydrogen-bond acceptors (Lipinski definition) is 5. The molecule has 1 aliphatic rings. The fraction of sp³-hybridized carbons (Fsp3) is 0.476. The number of carbonyl (C=O) groups excluding carboxylic acids is 1. The van der Waals surface area contributed by atoms with Crippen LogP contribution in [0, 0.1) is 0 Å². The molecule has 0 saturated carbocycles. The van der Waals surface area contributed by atoms with Crippen LogP contribution < -0.4 is 10.6 Å². The highest BCUT2D eigenvalue weighted by molar-refractivity contribution is 14.0. The number of carbonyl (C=O) groups is 1. The lowest BCUT2D eigenvalue weighted by Gasteiger charge is -2.23. The van der Waals surface area contributed by atoms with Crippen LogP contribution in [0.2, 0.25) is 0 Å². The molecule has 1 aromatic carbocycles. The van der Waals surface area contributed by atoms with E-state index in [9.17, 15) is 4.79 Å². The van der Waals surface area contributed by atoms with Gasteiger partial charge in [-0.2, -0.15) is 0 Å². The standard InChI is InChI=1S/C21H29N5O2S.HI/c1-21(2,3)28-20(27)25-16-10-11-26(13-16)19(22-4)23-12-17-14-29-18(24-17)15-8-6-5-7-9-15;/h5-9,14,16H,10-13H2,1-4H3,(H,22,23)(H,25,27);1H. The molecule has 2 N–H and O–H groups in total. The Morgan fingerprint density at radius 2 is 2.07 bits per heavy atom. The highest BCUT2D eigenvalue weighted by Crippen LogP contribution is 2.23. The maximum Gasteiger partial charge on any atom is 0.407 e. The molecule has 1 amide bonds. The molecule has 30 heavy (non-hydrogen) atoms. The lowest BCUT2D eigenvalue weighted by atomic mass is 10.2. The molecule has 0 spiro atoms. The number of amides is 1. The number of guanidine groups is 1. The second-order valence-electron chi connectivity index (χ2n) is 7.99. The van der Waals surface area contributed by atoms with Crippen LogP contribution in [0.1, 0.15) is 32.9 Å². The van der Waals surface area contributed by atoms with E-state index in [2.05, 4.69) is 38.0 Å². The van der Waals surface area contributed by atoms with Gasteiger partial charge in [-0.3, -0.25) is 4.99 Å². The van der Waals surface area contributed by atoms with Gasteiger partial charge >= 0.3 is 6.09 Å². The molecule has 0 aliphatic carbocycles. The predicted molar refractivity (Wildman–Crippen MR) is 133 cm³/mol. The zero-order valence-electron chi connectivity index (χ0n) is 17.8. The maximum absolute atomic E-state index is 12.0. The number of halogens is 1. The number of aromatic nitrogens is 1. The summed E-state index contributed by atoms with van der Waals surface area (Å²) in [5, 5.41) is 9.41. The minimum absolute atomic E-state index is 0. The van der Waals surface area contributed by atoms with E-state index in [1.165, 1.54) is 0 Å². The SMILES string of the molecule is CN=C(NCc1csc(-c2ccccc2)n1)N1CCC(NC(=O)OC(C)(C)C)C1.I. The molecule has 1 saturated heterocycles. The molecule has 2 aromatic rings. The van der Waals surface area contributed by atoms with Gasteiger partial charge in [0.2, 0.25) is 0 Å². The van der Waals surface area contributed by atoms with E-state index in [0.717, 1.165) is 35.2 Å². The van der Waals surface area contributed by atoms with Crippen molar-refractivity contribution in [3.05, 3.63) is 41.4 Å². The zero-order valence-corrected chi connectivity index (χ0v) is 21.0. The number of benzene rings is 1. The summed E-state index contributed by atoms with van der Waals surface area (Å²) in [5.41, 5.74) is 1.62. The third kappa shape index (κ3) is 7.12. The molecule has 9 heteroatoms. The van der Waals surface area contributed by atoms with E-state index in [1.54, 1.807) is 18.4 Å². The molecule has 0 radical (unpaired) electrons. The summed E-state index contributed by atoms with van der Waals surface area (Å²) >= 11 is 1.64. The highest BCUT2D eigenvalue weighted by atomic mass is 127. The Morgan fingerprint density at radius 1 is 1.33 bits per heavy atom. The number of nitrogens with zero attached hydrogens (tertiary/aromatic N) is 3. The molecule has 1 fully saturated rings. The van der Waals surface area contributed by atoms with Crippen LogP contribution in [0.15, 0.2) is 40.7 Å². The van der Waals surface area contributed by atoms with Gasteiger partial charge in [-0.05, 0) is 27.2 Å². The fourth-order valence-electron chi connectivity index (χ4n) is 3.15. The number of aliphatic imine (C=N–C) groups is 1. The molecular formula is C21H30IN5O2S. The first-order valence-corrected chi connectivity index (χ1v) is 10.7. The van der Waals surface area contributed by atoms with Crippen molar-refractivity contribution < 1.29 is 9.53 Å². The van der Waals surface area contributed by atoms with Gasteiger partial charge in [0.25, 0.3) is 0 Å². The third-order valence-corrected chi connectivity index (χ3v) is 5.36. The Bertz CT molecular complexity index is 851. The number of rotatable bonds is 4. The van der Waals surface area contributed by atoms with Crippen LogP contribution >= 0.6 is 35.3 Å². The van der Waals surface area contributed by atoms with E-state index >= 15 is 0 Å². The van der Waals surface area contributed by atoms with Gasteiger partial charge in [0.1, 0.15) is 10.6 Å². The van der Waals surface area contributed by atoms with Crippen LogP contribution in [0.5, 0.6) is 0 Å². The average molecular weight is 543 g/mol. The molecule has 2 heterocycles. The van der Waals surface area contributed by atoms with Crippen molar-refractivity contribution in [2.45, 2.75) is 45.4 Å². The van der Waals surface area contributed by atoms with Crippen molar-refractivity contribution >= 4 is 47.4 Å². The smallest absolute Gasteiger partial charge is 0.407 e. The second-order valence-corrected chi connectivity index (χ2v) is 8.85. The second kappa shape index (κ2) is 10.9.